The molecule has 5 aromatic carbocycles. The predicted octanol–water partition coefficient (Wildman–Crippen LogP) is 7.97. The molecule has 2 heterocycles. The minimum absolute atomic E-state index is 0.0621. The molecular weight excluding hydrogens is 661 g/mol. The second-order valence-corrected chi connectivity index (χ2v) is 12.8. The quantitative estimate of drug-likeness (QED) is 0.0888. The first-order valence-corrected chi connectivity index (χ1v) is 18.0. The van der Waals surface area contributed by atoms with Crippen LogP contribution in [0.2, 0.25) is 0 Å². The third-order valence-electron chi connectivity index (χ3n) is 9.47. The highest BCUT2D eigenvalue weighted by Crippen LogP contribution is 2.43. The van der Waals surface area contributed by atoms with E-state index >= 15 is 0 Å². The first kappa shape index (κ1) is 34.9. The highest BCUT2D eigenvalue weighted by molar-refractivity contribution is 5.88. The van der Waals surface area contributed by atoms with Crippen molar-refractivity contribution in [3.63, 3.8) is 0 Å². The third-order valence-corrected chi connectivity index (χ3v) is 9.47. The fourth-order valence-corrected chi connectivity index (χ4v) is 6.95. The van der Waals surface area contributed by atoms with Crippen LogP contribution in [0, 0.1) is 0 Å². The number of aryl methyl sites for hydroxylation is 1. The first-order chi connectivity index (χ1) is 26.0. The number of ether oxygens (including phenoxy) is 1. The molecule has 9 heteroatoms. The van der Waals surface area contributed by atoms with Crippen LogP contribution in [0.3, 0.4) is 0 Å². The molecule has 9 nitrogen and oxygen atoms in total. The number of hydrogen-bond acceptors (Lipinski definition) is 7. The summed E-state index contributed by atoms with van der Waals surface area (Å²) in [4.78, 5) is 29.6. The van der Waals surface area contributed by atoms with E-state index in [4.69, 9.17) is 15.0 Å². The van der Waals surface area contributed by atoms with Crippen molar-refractivity contribution >= 4 is 5.97 Å². The molecule has 0 unspecified atom stereocenters. The topological polar surface area (TPSA) is 105 Å². The maximum absolute atomic E-state index is 12.7. The highest BCUT2D eigenvalue weighted by atomic mass is 16.5. The van der Waals surface area contributed by atoms with Gasteiger partial charge in [0.05, 0.1) is 6.61 Å². The molecular formula is C44H40N6O3. The van der Waals surface area contributed by atoms with Crippen LogP contribution < -0.4 is 5.56 Å². The number of esters is 1. The summed E-state index contributed by atoms with van der Waals surface area (Å²) in [5.74, 6) is 0.600. The summed E-state index contributed by atoms with van der Waals surface area (Å²) >= 11 is 0. The second kappa shape index (κ2) is 15.8. The summed E-state index contributed by atoms with van der Waals surface area (Å²) in [5.41, 5.74) is 5.38. The summed E-state index contributed by atoms with van der Waals surface area (Å²) in [6.45, 7) is 4.42. The largest absolute Gasteiger partial charge is 0.462 e. The Labute approximate surface area is 308 Å². The van der Waals surface area contributed by atoms with Gasteiger partial charge in [0.2, 0.25) is 0 Å². The van der Waals surface area contributed by atoms with Gasteiger partial charge in [-0.3, -0.25) is 4.79 Å². The van der Waals surface area contributed by atoms with Crippen LogP contribution in [-0.2, 0) is 23.2 Å². The molecule has 0 amide bonds. The fraction of sp³-hybridized carbons (Fsp3) is 0.182. The SMILES string of the molecule is CCCCc1nc(=O)c(C(=O)OCC)cn1Cc1ccc(-c2ccccc2-c2nnnn2C(c2ccccc2)(c2ccccc2)c2ccccc2)cc1. The molecule has 0 saturated heterocycles. The van der Waals surface area contributed by atoms with Gasteiger partial charge >= 0.3 is 5.97 Å². The van der Waals surface area contributed by atoms with E-state index in [1.54, 1.807) is 13.1 Å². The number of tetrazole rings is 1. The minimum atomic E-state index is -0.887. The van der Waals surface area contributed by atoms with E-state index in [1.165, 1.54) is 0 Å². The van der Waals surface area contributed by atoms with E-state index in [9.17, 15) is 9.59 Å². The summed E-state index contributed by atoms with van der Waals surface area (Å²) in [5, 5.41) is 13.7. The molecule has 53 heavy (non-hydrogen) atoms. The van der Waals surface area contributed by atoms with Gasteiger partial charge in [0, 0.05) is 24.7 Å². The molecule has 0 atom stereocenters. The number of hydrogen-bond donors (Lipinski definition) is 0. The molecule has 0 bridgehead atoms. The standard InChI is InChI=1S/C44H40N6O3/c1-3-5-25-40-45-42(51)39(43(52)53-4-2)31-49(40)30-32-26-28-33(29-27-32)37-23-15-16-24-38(37)41-46-47-48-50(41)44(34-17-9-6-10-18-34,35-19-11-7-12-20-35)36-21-13-8-14-22-36/h6-24,26-29,31H,3-5,25,30H2,1-2H3. The van der Waals surface area contributed by atoms with Gasteiger partial charge < -0.3 is 9.30 Å². The first-order valence-electron chi connectivity index (χ1n) is 18.0. The zero-order valence-corrected chi connectivity index (χ0v) is 29.8. The monoisotopic (exact) mass is 700 g/mol. The molecule has 0 radical (unpaired) electrons. The van der Waals surface area contributed by atoms with Crippen molar-refractivity contribution < 1.29 is 9.53 Å². The molecule has 7 aromatic rings. The molecule has 0 aliphatic rings. The fourth-order valence-electron chi connectivity index (χ4n) is 6.95. The average molecular weight is 701 g/mol. The Morgan fingerprint density at radius 1 is 0.717 bits per heavy atom. The smallest absolute Gasteiger partial charge is 0.345 e. The molecule has 0 spiro atoms. The van der Waals surface area contributed by atoms with Crippen molar-refractivity contribution in [2.45, 2.75) is 45.2 Å². The minimum Gasteiger partial charge on any atom is -0.462 e. The van der Waals surface area contributed by atoms with Crippen LogP contribution in [0.4, 0.5) is 0 Å². The van der Waals surface area contributed by atoms with Crippen LogP contribution in [0.25, 0.3) is 22.5 Å². The van der Waals surface area contributed by atoms with Gasteiger partial charge in [0.25, 0.3) is 5.56 Å². The normalized spacial score (nSPS) is 11.4. The maximum Gasteiger partial charge on any atom is 0.345 e. The van der Waals surface area contributed by atoms with Crippen molar-refractivity contribution in [2.75, 3.05) is 6.61 Å². The molecule has 2 aromatic heterocycles. The van der Waals surface area contributed by atoms with Crippen molar-refractivity contribution in [1.29, 1.82) is 0 Å². The van der Waals surface area contributed by atoms with Gasteiger partial charge in [-0.1, -0.05) is 153 Å². The van der Waals surface area contributed by atoms with Gasteiger partial charge in [-0.25, -0.2) is 9.48 Å². The van der Waals surface area contributed by atoms with Gasteiger partial charge in [-0.15, -0.1) is 5.10 Å². The maximum atomic E-state index is 12.7. The number of rotatable bonds is 13. The Morgan fingerprint density at radius 2 is 1.28 bits per heavy atom. The van der Waals surface area contributed by atoms with E-state index in [-0.39, 0.29) is 12.2 Å². The zero-order chi connectivity index (χ0) is 36.6. The molecule has 7 rings (SSSR count). The summed E-state index contributed by atoms with van der Waals surface area (Å²) < 4.78 is 8.97. The van der Waals surface area contributed by atoms with Crippen molar-refractivity contribution in [3.8, 4) is 22.5 Å². The molecule has 0 fully saturated rings. The average Bonchev–Trinajstić information content (AvgIpc) is 3.70. The van der Waals surface area contributed by atoms with Crippen molar-refractivity contribution in [2.24, 2.45) is 0 Å². The van der Waals surface area contributed by atoms with E-state index in [0.29, 0.717) is 24.6 Å². The Bertz CT molecular complexity index is 2260. The Balaban J connectivity index is 1.31. The van der Waals surface area contributed by atoms with Crippen LogP contribution in [0.1, 0.15) is 65.1 Å². The molecule has 0 aliphatic heterocycles. The van der Waals surface area contributed by atoms with E-state index in [1.807, 2.05) is 76.0 Å². The predicted molar refractivity (Wildman–Crippen MR) is 205 cm³/mol. The van der Waals surface area contributed by atoms with Crippen LogP contribution >= 0.6 is 0 Å². The lowest BCUT2D eigenvalue weighted by Crippen LogP contribution is -2.39. The Hall–Kier alpha value is -6.48. The lowest BCUT2D eigenvalue weighted by Gasteiger charge is -2.36. The van der Waals surface area contributed by atoms with Gasteiger partial charge in [-0.2, -0.15) is 4.98 Å². The van der Waals surface area contributed by atoms with Crippen LogP contribution in [-0.4, -0.2) is 42.3 Å². The van der Waals surface area contributed by atoms with Crippen molar-refractivity contribution in [1.82, 2.24) is 29.8 Å². The van der Waals surface area contributed by atoms with E-state index in [2.05, 4.69) is 89.9 Å². The lowest BCUT2D eigenvalue weighted by molar-refractivity contribution is 0.0523. The van der Waals surface area contributed by atoms with E-state index in [0.717, 1.165) is 51.8 Å². The van der Waals surface area contributed by atoms with E-state index < -0.39 is 17.1 Å². The summed E-state index contributed by atoms with van der Waals surface area (Å²) in [6, 6.07) is 47.5. The molecule has 264 valence electrons. The van der Waals surface area contributed by atoms with Gasteiger partial charge in [0.1, 0.15) is 16.9 Å². The Morgan fingerprint density at radius 3 is 1.85 bits per heavy atom. The van der Waals surface area contributed by atoms with Gasteiger partial charge in [0.15, 0.2) is 5.82 Å². The summed E-state index contributed by atoms with van der Waals surface area (Å²) in [6.07, 6.45) is 4.04. The number of unbranched alkanes of at least 4 members (excludes halogenated alkanes) is 1. The molecule has 0 saturated carbocycles. The molecule has 0 N–H and O–H groups in total. The third kappa shape index (κ3) is 6.93. The van der Waals surface area contributed by atoms with Crippen LogP contribution in [0.15, 0.2) is 151 Å². The second-order valence-electron chi connectivity index (χ2n) is 12.8. The number of aromatic nitrogens is 6. The Kier molecular flexibility index (Phi) is 10.4. The number of carbonyl (C=O) groups is 1. The van der Waals surface area contributed by atoms with Gasteiger partial charge in [-0.05, 0) is 57.2 Å². The lowest BCUT2D eigenvalue weighted by atomic mass is 9.77. The number of benzene rings is 5. The molecule has 0 aliphatic carbocycles. The summed E-state index contributed by atoms with van der Waals surface area (Å²) in [7, 11) is 0. The number of carbonyl (C=O) groups excluding carboxylic acids is 1. The van der Waals surface area contributed by atoms with Crippen molar-refractivity contribution in [3.05, 3.63) is 190 Å². The highest BCUT2D eigenvalue weighted by Gasteiger charge is 2.42. The zero-order valence-electron chi connectivity index (χ0n) is 29.8. The number of nitrogens with zero attached hydrogens (tertiary/aromatic N) is 6. The van der Waals surface area contributed by atoms with Crippen LogP contribution in [0.5, 0.6) is 0 Å².